The van der Waals surface area contributed by atoms with Crippen molar-refractivity contribution in [3.8, 4) is 0 Å². The summed E-state index contributed by atoms with van der Waals surface area (Å²) < 4.78 is 0. The van der Waals surface area contributed by atoms with Crippen molar-refractivity contribution in [3.05, 3.63) is 35.9 Å². The van der Waals surface area contributed by atoms with Gasteiger partial charge in [-0.15, -0.1) is 0 Å². The van der Waals surface area contributed by atoms with Gasteiger partial charge in [0.25, 0.3) is 0 Å². The standard InChI is InChI=1S/C17H25NO2/c1-2-16(17(19)20)12-14-8-10-18(11-9-14)13-15-6-4-3-5-7-15/h3-7,14,16H,2,8-13H2,1H3,(H,19,20). The van der Waals surface area contributed by atoms with Gasteiger partial charge in [-0.1, -0.05) is 37.3 Å². The minimum absolute atomic E-state index is 0.152. The van der Waals surface area contributed by atoms with Crippen LogP contribution in [0.15, 0.2) is 30.3 Å². The second-order valence-electron chi connectivity index (χ2n) is 5.88. The van der Waals surface area contributed by atoms with Crippen LogP contribution in [0.2, 0.25) is 0 Å². The van der Waals surface area contributed by atoms with Crippen molar-refractivity contribution in [3.63, 3.8) is 0 Å². The molecule has 1 aromatic rings. The number of benzene rings is 1. The maximum atomic E-state index is 11.1. The van der Waals surface area contributed by atoms with E-state index in [-0.39, 0.29) is 5.92 Å². The molecule has 1 N–H and O–H groups in total. The zero-order valence-corrected chi connectivity index (χ0v) is 12.3. The quantitative estimate of drug-likeness (QED) is 0.865. The minimum Gasteiger partial charge on any atom is -0.481 e. The molecule has 1 fully saturated rings. The first-order valence-electron chi connectivity index (χ1n) is 7.68. The number of hydrogen-bond acceptors (Lipinski definition) is 2. The molecule has 0 aliphatic carbocycles. The van der Waals surface area contributed by atoms with E-state index < -0.39 is 5.97 Å². The van der Waals surface area contributed by atoms with Gasteiger partial charge in [-0.25, -0.2) is 0 Å². The van der Waals surface area contributed by atoms with Gasteiger partial charge in [0.15, 0.2) is 0 Å². The van der Waals surface area contributed by atoms with Crippen molar-refractivity contribution in [2.75, 3.05) is 13.1 Å². The predicted octanol–water partition coefficient (Wildman–Crippen LogP) is 3.40. The molecule has 3 heteroatoms. The summed E-state index contributed by atoms with van der Waals surface area (Å²) in [6, 6.07) is 10.6. The fourth-order valence-corrected chi connectivity index (χ4v) is 3.07. The lowest BCUT2D eigenvalue weighted by molar-refractivity contribution is -0.142. The predicted molar refractivity (Wildman–Crippen MR) is 80.5 cm³/mol. The number of piperidine rings is 1. The Labute approximate surface area is 121 Å². The summed E-state index contributed by atoms with van der Waals surface area (Å²) in [5.41, 5.74) is 1.36. The fraction of sp³-hybridized carbons (Fsp3) is 0.588. The fourth-order valence-electron chi connectivity index (χ4n) is 3.07. The number of carboxylic acid groups (broad SMARTS) is 1. The Kier molecular flexibility index (Phi) is 5.60. The van der Waals surface area contributed by atoms with E-state index in [1.165, 1.54) is 5.56 Å². The van der Waals surface area contributed by atoms with Crippen LogP contribution in [-0.4, -0.2) is 29.1 Å². The van der Waals surface area contributed by atoms with Crippen molar-refractivity contribution < 1.29 is 9.90 Å². The first kappa shape index (κ1) is 15.0. The summed E-state index contributed by atoms with van der Waals surface area (Å²) in [6.07, 6.45) is 3.87. The van der Waals surface area contributed by atoms with Crippen LogP contribution in [0.4, 0.5) is 0 Å². The van der Waals surface area contributed by atoms with Gasteiger partial charge < -0.3 is 5.11 Å². The third kappa shape index (κ3) is 4.34. The van der Waals surface area contributed by atoms with Gasteiger partial charge in [-0.05, 0) is 50.3 Å². The molecule has 1 aliphatic heterocycles. The molecule has 1 heterocycles. The second-order valence-corrected chi connectivity index (χ2v) is 5.88. The highest BCUT2D eigenvalue weighted by atomic mass is 16.4. The Balaban J connectivity index is 1.76. The highest BCUT2D eigenvalue weighted by Crippen LogP contribution is 2.26. The summed E-state index contributed by atoms with van der Waals surface area (Å²) in [5.74, 6) is -0.192. The van der Waals surface area contributed by atoms with Gasteiger partial charge in [-0.3, -0.25) is 9.69 Å². The van der Waals surface area contributed by atoms with Crippen molar-refractivity contribution in [2.24, 2.45) is 11.8 Å². The lowest BCUT2D eigenvalue weighted by atomic mass is 9.86. The van der Waals surface area contributed by atoms with Gasteiger partial charge in [0, 0.05) is 6.54 Å². The smallest absolute Gasteiger partial charge is 0.306 e. The number of likely N-dealkylation sites (tertiary alicyclic amines) is 1. The largest absolute Gasteiger partial charge is 0.481 e. The maximum Gasteiger partial charge on any atom is 0.306 e. The molecule has 0 amide bonds. The van der Waals surface area contributed by atoms with Crippen molar-refractivity contribution in [1.29, 1.82) is 0 Å². The normalized spacial score (nSPS) is 18.9. The second kappa shape index (κ2) is 7.44. The highest BCUT2D eigenvalue weighted by molar-refractivity contribution is 5.69. The molecular formula is C17H25NO2. The SMILES string of the molecule is CCC(CC1CCN(Cc2ccccc2)CC1)C(=O)O. The maximum absolute atomic E-state index is 11.1. The van der Waals surface area contributed by atoms with Gasteiger partial charge in [0.1, 0.15) is 0 Å². The number of rotatable bonds is 6. The van der Waals surface area contributed by atoms with Gasteiger partial charge in [0.2, 0.25) is 0 Å². The average Bonchev–Trinajstić information content (AvgIpc) is 2.47. The molecule has 0 aromatic heterocycles. The summed E-state index contributed by atoms with van der Waals surface area (Å²) in [4.78, 5) is 13.6. The van der Waals surface area contributed by atoms with E-state index in [2.05, 4.69) is 29.2 Å². The van der Waals surface area contributed by atoms with E-state index in [0.29, 0.717) is 5.92 Å². The van der Waals surface area contributed by atoms with Crippen molar-refractivity contribution in [2.45, 2.75) is 39.2 Å². The van der Waals surface area contributed by atoms with Crippen LogP contribution >= 0.6 is 0 Å². The van der Waals surface area contributed by atoms with Gasteiger partial charge in [-0.2, -0.15) is 0 Å². The minimum atomic E-state index is -0.626. The Morgan fingerprint density at radius 2 is 1.95 bits per heavy atom. The molecular weight excluding hydrogens is 250 g/mol. The number of carbonyl (C=O) groups is 1. The van der Waals surface area contributed by atoms with E-state index >= 15 is 0 Å². The number of aliphatic carboxylic acids is 1. The Hall–Kier alpha value is -1.35. The number of carboxylic acids is 1. The van der Waals surface area contributed by atoms with Crippen LogP contribution in [0.25, 0.3) is 0 Å². The Morgan fingerprint density at radius 3 is 2.50 bits per heavy atom. The lowest BCUT2D eigenvalue weighted by Crippen LogP contribution is -2.34. The lowest BCUT2D eigenvalue weighted by Gasteiger charge is -2.33. The van der Waals surface area contributed by atoms with Crippen LogP contribution in [0.5, 0.6) is 0 Å². The molecule has 1 saturated heterocycles. The van der Waals surface area contributed by atoms with Crippen molar-refractivity contribution >= 4 is 5.97 Å². The topological polar surface area (TPSA) is 40.5 Å². The molecule has 1 unspecified atom stereocenters. The van der Waals surface area contributed by atoms with E-state index in [9.17, 15) is 4.79 Å². The van der Waals surface area contributed by atoms with Crippen LogP contribution < -0.4 is 0 Å². The molecule has 2 rings (SSSR count). The Bertz CT molecular complexity index is 410. The van der Waals surface area contributed by atoms with E-state index in [1.807, 2.05) is 13.0 Å². The molecule has 1 atom stereocenters. The molecule has 1 aliphatic rings. The van der Waals surface area contributed by atoms with Crippen LogP contribution in [-0.2, 0) is 11.3 Å². The summed E-state index contributed by atoms with van der Waals surface area (Å²) in [6.45, 7) is 5.18. The molecule has 0 saturated carbocycles. The molecule has 20 heavy (non-hydrogen) atoms. The molecule has 0 bridgehead atoms. The van der Waals surface area contributed by atoms with Gasteiger partial charge >= 0.3 is 5.97 Å². The molecule has 0 spiro atoms. The highest BCUT2D eigenvalue weighted by Gasteiger charge is 2.24. The molecule has 110 valence electrons. The first-order valence-corrected chi connectivity index (χ1v) is 7.68. The number of hydrogen-bond donors (Lipinski definition) is 1. The van der Waals surface area contributed by atoms with Crippen LogP contribution in [0.3, 0.4) is 0 Å². The zero-order chi connectivity index (χ0) is 14.4. The molecule has 1 aromatic carbocycles. The number of nitrogens with zero attached hydrogens (tertiary/aromatic N) is 1. The van der Waals surface area contributed by atoms with E-state index in [1.54, 1.807) is 0 Å². The van der Waals surface area contributed by atoms with Crippen LogP contribution in [0.1, 0.15) is 38.2 Å². The third-order valence-corrected chi connectivity index (χ3v) is 4.42. The van der Waals surface area contributed by atoms with Crippen LogP contribution in [0, 0.1) is 11.8 Å². The van der Waals surface area contributed by atoms with Crippen molar-refractivity contribution in [1.82, 2.24) is 4.90 Å². The monoisotopic (exact) mass is 275 g/mol. The third-order valence-electron chi connectivity index (χ3n) is 4.42. The van der Waals surface area contributed by atoms with E-state index in [0.717, 1.165) is 45.3 Å². The average molecular weight is 275 g/mol. The molecule has 0 radical (unpaired) electrons. The van der Waals surface area contributed by atoms with E-state index in [4.69, 9.17) is 5.11 Å². The summed E-state index contributed by atoms with van der Waals surface area (Å²) in [5, 5.41) is 9.14. The Morgan fingerprint density at radius 1 is 1.30 bits per heavy atom. The summed E-state index contributed by atoms with van der Waals surface area (Å²) >= 11 is 0. The summed E-state index contributed by atoms with van der Waals surface area (Å²) in [7, 11) is 0. The van der Waals surface area contributed by atoms with Gasteiger partial charge in [0.05, 0.1) is 5.92 Å². The first-order chi connectivity index (χ1) is 9.69. The molecule has 3 nitrogen and oxygen atoms in total. The zero-order valence-electron chi connectivity index (χ0n) is 12.3.